The smallest absolute Gasteiger partial charge is 0.0458 e. The van der Waals surface area contributed by atoms with Gasteiger partial charge in [-0.25, -0.2) is 0 Å². The van der Waals surface area contributed by atoms with Gasteiger partial charge in [-0.15, -0.1) is 0 Å². The Morgan fingerprint density at radius 3 is 2.48 bits per heavy atom. The molecule has 1 heteroatoms. The van der Waals surface area contributed by atoms with E-state index in [4.69, 9.17) is 0 Å². The Labute approximate surface area is 153 Å². The van der Waals surface area contributed by atoms with E-state index in [0.717, 1.165) is 6.42 Å². The minimum absolute atomic E-state index is 0.689. The zero-order chi connectivity index (χ0) is 18.1. The summed E-state index contributed by atoms with van der Waals surface area (Å²) < 4.78 is 0. The lowest BCUT2D eigenvalue weighted by Gasteiger charge is -2.10. The Morgan fingerprint density at radius 1 is 0.960 bits per heavy atom. The van der Waals surface area contributed by atoms with E-state index >= 15 is 0 Å². The molecule has 2 aromatic rings. The molecule has 0 amide bonds. The number of aryl methyl sites for hydroxylation is 3. The van der Waals surface area contributed by atoms with E-state index in [1.807, 2.05) is 6.92 Å². The highest BCUT2D eigenvalue weighted by atomic mass is 14.7. The van der Waals surface area contributed by atoms with Crippen LogP contribution in [-0.2, 0) is 6.42 Å². The molecule has 0 saturated heterocycles. The topological polar surface area (TPSA) is 15.8 Å². The van der Waals surface area contributed by atoms with Crippen molar-refractivity contribution >= 4 is 10.9 Å². The Kier molecular flexibility index (Phi) is 7.78. The third-order valence-corrected chi connectivity index (χ3v) is 4.88. The molecule has 0 aliphatic rings. The van der Waals surface area contributed by atoms with Crippen molar-refractivity contribution in [1.82, 2.24) is 4.98 Å². The maximum Gasteiger partial charge on any atom is 0.0458 e. The Morgan fingerprint density at radius 2 is 1.72 bits per heavy atom. The van der Waals surface area contributed by atoms with Gasteiger partial charge in [-0.2, -0.15) is 0 Å². The lowest BCUT2D eigenvalue weighted by molar-refractivity contribution is 0.515. The number of nitrogens with one attached hydrogen (secondary N) is 1. The molecule has 1 aromatic carbocycles. The van der Waals surface area contributed by atoms with Crippen molar-refractivity contribution in [1.29, 1.82) is 0 Å². The second-order valence-electron chi connectivity index (χ2n) is 7.05. The van der Waals surface area contributed by atoms with Crippen molar-refractivity contribution in [2.75, 3.05) is 0 Å². The van der Waals surface area contributed by atoms with Gasteiger partial charge >= 0.3 is 0 Å². The molecule has 1 nitrogen and oxygen atoms in total. The van der Waals surface area contributed by atoms with E-state index < -0.39 is 0 Å². The van der Waals surface area contributed by atoms with Crippen LogP contribution in [0.25, 0.3) is 10.9 Å². The van der Waals surface area contributed by atoms with Gasteiger partial charge in [0.15, 0.2) is 0 Å². The molecule has 1 heterocycles. The molecular formula is C24H33N. The van der Waals surface area contributed by atoms with E-state index in [9.17, 15) is 0 Å². The highest BCUT2D eigenvalue weighted by molar-refractivity contribution is 5.82. The molecule has 25 heavy (non-hydrogen) atoms. The molecule has 0 spiro atoms. The molecular weight excluding hydrogens is 302 g/mol. The summed E-state index contributed by atoms with van der Waals surface area (Å²) in [5, 5.41) is 1.34. The monoisotopic (exact) mass is 335 g/mol. The predicted octanol–water partition coefficient (Wildman–Crippen LogP) is 7.21. The van der Waals surface area contributed by atoms with Gasteiger partial charge in [0.25, 0.3) is 0 Å². The maximum atomic E-state index is 3.60. The lowest BCUT2D eigenvalue weighted by atomic mass is 9.96. The number of allylic oxidation sites excluding steroid dienone is 6. The van der Waals surface area contributed by atoms with Crippen LogP contribution in [0.4, 0.5) is 0 Å². The molecule has 1 aromatic heterocycles. The molecule has 0 saturated carbocycles. The first kappa shape index (κ1) is 19.3. The summed E-state index contributed by atoms with van der Waals surface area (Å²) in [6, 6.07) is 6.89. The average Bonchev–Trinajstić information content (AvgIpc) is 2.96. The van der Waals surface area contributed by atoms with Gasteiger partial charge in [-0.1, -0.05) is 49.8 Å². The van der Waals surface area contributed by atoms with Crippen LogP contribution in [0.15, 0.2) is 54.7 Å². The van der Waals surface area contributed by atoms with Gasteiger partial charge in [0.1, 0.15) is 0 Å². The molecule has 0 aliphatic carbocycles. The number of benzene rings is 1. The molecule has 0 aliphatic heterocycles. The predicted molar refractivity (Wildman–Crippen MR) is 112 cm³/mol. The summed E-state index contributed by atoms with van der Waals surface area (Å²) in [5.41, 5.74) is 5.38. The Bertz CT molecular complexity index is 704. The number of rotatable bonds is 9. The average molecular weight is 336 g/mol. The van der Waals surface area contributed by atoms with Crippen molar-refractivity contribution in [2.45, 2.75) is 59.8 Å². The van der Waals surface area contributed by atoms with Crippen LogP contribution >= 0.6 is 0 Å². The fourth-order valence-electron chi connectivity index (χ4n) is 3.32. The number of fused-ring (bicyclic) bond motifs is 1. The molecule has 0 radical (unpaired) electrons. The van der Waals surface area contributed by atoms with E-state index in [-0.39, 0.29) is 0 Å². The number of aromatic amines is 1. The number of H-pyrrole nitrogens is 1. The maximum absolute atomic E-state index is 3.60. The van der Waals surface area contributed by atoms with Gasteiger partial charge in [0, 0.05) is 11.2 Å². The lowest BCUT2D eigenvalue weighted by Crippen LogP contribution is -1.97. The third-order valence-electron chi connectivity index (χ3n) is 4.88. The third kappa shape index (κ3) is 6.08. The largest absolute Gasteiger partial charge is 0.358 e. The van der Waals surface area contributed by atoms with Crippen molar-refractivity contribution in [3.8, 4) is 0 Å². The number of hydrogen-bond donors (Lipinski definition) is 1. The second-order valence-corrected chi connectivity index (χ2v) is 7.05. The van der Waals surface area contributed by atoms with Gasteiger partial charge < -0.3 is 4.98 Å². The first-order valence-corrected chi connectivity index (χ1v) is 9.69. The fourth-order valence-corrected chi connectivity index (χ4v) is 3.32. The van der Waals surface area contributed by atoms with Gasteiger partial charge in [-0.05, 0) is 87.1 Å². The van der Waals surface area contributed by atoms with Crippen LogP contribution in [0.3, 0.4) is 0 Å². The highest BCUT2D eigenvalue weighted by Crippen LogP contribution is 2.22. The van der Waals surface area contributed by atoms with Crippen LogP contribution in [0.5, 0.6) is 0 Å². The summed E-state index contributed by atoms with van der Waals surface area (Å²) in [6.45, 7) is 8.69. The normalized spacial score (nSPS) is 13.8. The molecule has 1 atom stereocenters. The molecule has 1 unspecified atom stereocenters. The molecule has 2 rings (SSSR count). The molecule has 0 bridgehead atoms. The van der Waals surface area contributed by atoms with Gasteiger partial charge in [0.2, 0.25) is 0 Å². The van der Waals surface area contributed by atoms with E-state index in [1.54, 1.807) is 0 Å². The summed E-state index contributed by atoms with van der Waals surface area (Å²) in [4.78, 5) is 3.60. The van der Waals surface area contributed by atoms with Crippen LogP contribution in [0.1, 0.15) is 56.4 Å². The molecule has 134 valence electrons. The zero-order valence-electron chi connectivity index (χ0n) is 16.3. The van der Waals surface area contributed by atoms with E-state index in [1.165, 1.54) is 53.4 Å². The minimum Gasteiger partial charge on any atom is -0.358 e. The van der Waals surface area contributed by atoms with E-state index in [0.29, 0.717) is 5.92 Å². The Balaban J connectivity index is 1.90. The van der Waals surface area contributed by atoms with Crippen molar-refractivity contribution < 1.29 is 0 Å². The van der Waals surface area contributed by atoms with Crippen LogP contribution in [0.2, 0.25) is 0 Å². The van der Waals surface area contributed by atoms with Crippen LogP contribution in [-0.4, -0.2) is 4.98 Å². The summed E-state index contributed by atoms with van der Waals surface area (Å²) in [5.74, 6) is 0.689. The van der Waals surface area contributed by atoms with Gasteiger partial charge in [0.05, 0.1) is 0 Å². The van der Waals surface area contributed by atoms with Crippen LogP contribution < -0.4 is 0 Å². The summed E-state index contributed by atoms with van der Waals surface area (Å²) in [6.07, 6.45) is 19.1. The number of aromatic nitrogens is 1. The summed E-state index contributed by atoms with van der Waals surface area (Å²) in [7, 11) is 0. The Hall–Kier alpha value is -2.02. The van der Waals surface area contributed by atoms with Crippen molar-refractivity contribution in [3.05, 3.63) is 71.5 Å². The van der Waals surface area contributed by atoms with Crippen molar-refractivity contribution in [2.24, 2.45) is 5.92 Å². The quantitative estimate of drug-likeness (QED) is 0.466. The standard InChI is InChI=1S/C24H33N/c1-5-7-8-9-10-13-21(12-6-2)14-11-15-23-18-22-16-19(3)20(4)17-24(22)25-23/h5,7-10,13,16-18,21,25H,6,11-12,14-15H2,1-4H3/b7-5-,9-8-,13-10+. The second kappa shape index (κ2) is 10.1. The molecule has 0 fully saturated rings. The number of hydrogen-bond acceptors (Lipinski definition) is 0. The first-order chi connectivity index (χ1) is 12.1. The summed E-state index contributed by atoms with van der Waals surface area (Å²) >= 11 is 0. The van der Waals surface area contributed by atoms with Gasteiger partial charge in [-0.3, -0.25) is 0 Å². The first-order valence-electron chi connectivity index (χ1n) is 9.69. The van der Waals surface area contributed by atoms with E-state index in [2.05, 4.69) is 80.4 Å². The fraction of sp³-hybridized carbons (Fsp3) is 0.417. The van der Waals surface area contributed by atoms with Crippen LogP contribution in [0, 0.1) is 19.8 Å². The minimum atomic E-state index is 0.689. The SMILES string of the molecule is C\C=C/C=C\C=C\C(CCC)CCCc1cc2cc(C)c(C)cc2[nH]1. The highest BCUT2D eigenvalue weighted by Gasteiger charge is 2.06. The van der Waals surface area contributed by atoms with Crippen molar-refractivity contribution in [3.63, 3.8) is 0 Å². The zero-order valence-corrected chi connectivity index (χ0v) is 16.3. The molecule has 1 N–H and O–H groups in total.